The van der Waals surface area contributed by atoms with Crippen molar-refractivity contribution in [1.82, 2.24) is 0 Å². The van der Waals surface area contributed by atoms with E-state index in [1.54, 1.807) is 13.0 Å². The molecule has 2 nitrogen and oxygen atoms in total. The topological polar surface area (TPSA) is 34.1 Å². The minimum absolute atomic E-state index is 0.0356. The fourth-order valence-electron chi connectivity index (χ4n) is 0.996. The molecule has 0 N–H and O–H groups in total. The second-order valence-electron chi connectivity index (χ2n) is 3.15. The van der Waals surface area contributed by atoms with Gasteiger partial charge in [0.25, 0.3) is 0 Å². The first-order valence-electron chi connectivity index (χ1n) is 4.29. The Morgan fingerprint density at radius 1 is 1.57 bits per heavy atom. The number of hydrogen-bond acceptors (Lipinski definition) is 2. The SMILES string of the molecule is C=C(C)C[C](=O)[Ru][C](=O)C1=CC=CC1. The molecule has 0 saturated heterocycles. The second kappa shape index (κ2) is 5.16. The summed E-state index contributed by atoms with van der Waals surface area (Å²) < 4.78 is 0.0796. The van der Waals surface area contributed by atoms with E-state index < -0.39 is 17.1 Å². The van der Waals surface area contributed by atoms with E-state index in [1.807, 2.05) is 12.2 Å². The number of hydrogen-bond donors (Lipinski definition) is 0. The van der Waals surface area contributed by atoms with Gasteiger partial charge in [-0.25, -0.2) is 0 Å². The van der Waals surface area contributed by atoms with Gasteiger partial charge < -0.3 is 0 Å². The molecule has 0 heterocycles. The molecule has 0 radical (unpaired) electrons. The number of carbonyl (C=O) groups is 2. The van der Waals surface area contributed by atoms with Crippen molar-refractivity contribution < 1.29 is 26.7 Å². The van der Waals surface area contributed by atoms with Crippen LogP contribution >= 0.6 is 0 Å². The molecular formula is C11H12O2Ru. The minimum atomic E-state index is -0.811. The van der Waals surface area contributed by atoms with Crippen molar-refractivity contribution >= 4 is 8.76 Å². The zero-order valence-corrected chi connectivity index (χ0v) is 9.76. The molecule has 14 heavy (non-hydrogen) atoms. The summed E-state index contributed by atoms with van der Waals surface area (Å²) >= 11 is -0.811. The number of rotatable bonds is 5. The van der Waals surface area contributed by atoms with Crippen LogP contribution in [-0.4, -0.2) is 8.76 Å². The van der Waals surface area contributed by atoms with Gasteiger partial charge in [-0.15, -0.1) is 0 Å². The fraction of sp³-hybridized carbons (Fsp3) is 0.273. The quantitative estimate of drug-likeness (QED) is 0.569. The molecule has 1 aliphatic rings. The van der Waals surface area contributed by atoms with Gasteiger partial charge >= 0.3 is 91.2 Å². The van der Waals surface area contributed by atoms with Gasteiger partial charge in [-0.2, -0.15) is 0 Å². The van der Waals surface area contributed by atoms with E-state index in [1.165, 1.54) is 0 Å². The summed E-state index contributed by atoms with van der Waals surface area (Å²) in [7, 11) is 0. The molecular weight excluding hydrogens is 265 g/mol. The Kier molecular flexibility index (Phi) is 4.15. The summed E-state index contributed by atoms with van der Waals surface area (Å²) in [6.07, 6.45) is 6.62. The van der Waals surface area contributed by atoms with Crippen LogP contribution in [-0.2, 0) is 26.7 Å². The van der Waals surface area contributed by atoms with Crippen molar-refractivity contribution in [3.8, 4) is 0 Å². The maximum absolute atomic E-state index is 11.5. The summed E-state index contributed by atoms with van der Waals surface area (Å²) in [4.78, 5) is 22.8. The van der Waals surface area contributed by atoms with E-state index in [0.717, 1.165) is 11.1 Å². The monoisotopic (exact) mass is 278 g/mol. The Bertz CT molecular complexity index is 337. The van der Waals surface area contributed by atoms with Crippen LogP contribution in [0.3, 0.4) is 0 Å². The molecule has 1 rings (SSSR count). The van der Waals surface area contributed by atoms with Crippen molar-refractivity contribution in [1.29, 1.82) is 0 Å². The summed E-state index contributed by atoms with van der Waals surface area (Å²) in [6.45, 7) is 5.46. The molecule has 0 amide bonds. The Labute approximate surface area is 91.4 Å². The first-order valence-corrected chi connectivity index (χ1v) is 6.03. The van der Waals surface area contributed by atoms with E-state index in [2.05, 4.69) is 6.58 Å². The van der Waals surface area contributed by atoms with Crippen LogP contribution in [0.4, 0.5) is 0 Å². The van der Waals surface area contributed by atoms with Crippen LogP contribution < -0.4 is 0 Å². The van der Waals surface area contributed by atoms with Gasteiger partial charge in [-0.05, 0) is 0 Å². The van der Waals surface area contributed by atoms with Gasteiger partial charge in [-0.3, -0.25) is 0 Å². The van der Waals surface area contributed by atoms with E-state index in [-0.39, 0.29) is 8.76 Å². The average molecular weight is 277 g/mol. The zero-order chi connectivity index (χ0) is 10.6. The summed E-state index contributed by atoms with van der Waals surface area (Å²) in [6, 6.07) is 0. The van der Waals surface area contributed by atoms with Crippen molar-refractivity contribution in [2.75, 3.05) is 0 Å². The Hall–Kier alpha value is -0.817. The molecule has 0 aromatic carbocycles. The van der Waals surface area contributed by atoms with Gasteiger partial charge in [0, 0.05) is 0 Å². The van der Waals surface area contributed by atoms with Crippen LogP contribution in [0.15, 0.2) is 36.0 Å². The van der Waals surface area contributed by atoms with Crippen molar-refractivity contribution in [2.45, 2.75) is 19.8 Å². The predicted octanol–water partition coefficient (Wildman–Crippen LogP) is 1.97. The third-order valence-electron chi connectivity index (χ3n) is 1.63. The molecule has 3 heteroatoms. The molecule has 0 saturated carbocycles. The van der Waals surface area contributed by atoms with Crippen LogP contribution in [0.1, 0.15) is 19.8 Å². The molecule has 1 aliphatic carbocycles. The maximum atomic E-state index is 11.5. The van der Waals surface area contributed by atoms with Crippen LogP contribution in [0.2, 0.25) is 0 Å². The first kappa shape index (κ1) is 11.3. The van der Waals surface area contributed by atoms with E-state index in [4.69, 9.17) is 0 Å². The molecule has 0 atom stereocenters. The Morgan fingerprint density at radius 2 is 2.29 bits per heavy atom. The van der Waals surface area contributed by atoms with Gasteiger partial charge in [0.15, 0.2) is 0 Å². The molecule has 0 aromatic heterocycles. The summed E-state index contributed by atoms with van der Waals surface area (Å²) in [5, 5.41) is 0. The van der Waals surface area contributed by atoms with Crippen LogP contribution in [0.25, 0.3) is 0 Å². The van der Waals surface area contributed by atoms with Crippen molar-refractivity contribution in [2.24, 2.45) is 0 Å². The zero-order valence-electron chi connectivity index (χ0n) is 8.02. The molecule has 0 aromatic rings. The Balaban J connectivity index is 2.41. The first-order chi connectivity index (χ1) is 6.59. The average Bonchev–Trinajstić information content (AvgIpc) is 2.53. The third-order valence-corrected chi connectivity index (χ3v) is 3.38. The molecule has 0 bridgehead atoms. The molecule has 76 valence electrons. The molecule has 0 aliphatic heterocycles. The van der Waals surface area contributed by atoms with Crippen molar-refractivity contribution in [3.63, 3.8) is 0 Å². The van der Waals surface area contributed by atoms with Gasteiger partial charge in [0.05, 0.1) is 0 Å². The Morgan fingerprint density at radius 3 is 2.79 bits per heavy atom. The van der Waals surface area contributed by atoms with E-state index in [9.17, 15) is 9.59 Å². The van der Waals surface area contributed by atoms with Crippen molar-refractivity contribution in [3.05, 3.63) is 36.0 Å². The number of allylic oxidation sites excluding steroid dienone is 5. The predicted molar refractivity (Wildman–Crippen MR) is 51.3 cm³/mol. The standard InChI is InChI=1S/C6H5O.C5H7O.Ru/c7-5-6-3-1-2-4-6;1-5(2)3-4-6;/h1-3H,4H2;1,3H2,2H3;. The normalized spacial score (nSPS) is 14.2. The summed E-state index contributed by atoms with van der Waals surface area (Å²) in [5.41, 5.74) is 1.61. The van der Waals surface area contributed by atoms with E-state index in [0.29, 0.717) is 12.8 Å². The van der Waals surface area contributed by atoms with E-state index >= 15 is 0 Å². The second-order valence-corrected chi connectivity index (χ2v) is 5.34. The van der Waals surface area contributed by atoms with Gasteiger partial charge in [-0.1, -0.05) is 0 Å². The van der Waals surface area contributed by atoms with Crippen LogP contribution in [0, 0.1) is 0 Å². The molecule has 0 unspecified atom stereocenters. The fourth-order valence-corrected chi connectivity index (χ4v) is 2.72. The molecule has 0 fully saturated rings. The van der Waals surface area contributed by atoms with Gasteiger partial charge in [0.2, 0.25) is 0 Å². The number of carbonyl (C=O) groups excluding carboxylic acids is 2. The summed E-state index contributed by atoms with van der Waals surface area (Å²) in [5.74, 6) is 0. The van der Waals surface area contributed by atoms with Crippen LogP contribution in [0.5, 0.6) is 0 Å². The van der Waals surface area contributed by atoms with Gasteiger partial charge in [0.1, 0.15) is 0 Å². The molecule has 0 spiro atoms. The third kappa shape index (κ3) is 3.51.